The molecule has 0 aliphatic rings. The SMILES string of the molecule is CC(CN)c1ccc(C(=O)c2ccccc2F)cc1. The summed E-state index contributed by atoms with van der Waals surface area (Å²) >= 11 is 0. The van der Waals surface area contributed by atoms with Gasteiger partial charge in [-0.15, -0.1) is 0 Å². The molecular weight excluding hydrogens is 241 g/mol. The molecule has 0 saturated heterocycles. The number of benzene rings is 2. The second-order valence-electron chi connectivity index (χ2n) is 4.57. The van der Waals surface area contributed by atoms with Crippen molar-refractivity contribution in [1.29, 1.82) is 0 Å². The summed E-state index contributed by atoms with van der Waals surface area (Å²) in [5.41, 5.74) is 7.26. The predicted molar refractivity (Wildman–Crippen MR) is 73.7 cm³/mol. The summed E-state index contributed by atoms with van der Waals surface area (Å²) in [6, 6.07) is 13.2. The minimum atomic E-state index is -0.494. The molecule has 0 fully saturated rings. The van der Waals surface area contributed by atoms with Crippen molar-refractivity contribution >= 4 is 5.78 Å². The molecule has 2 N–H and O–H groups in total. The van der Waals surface area contributed by atoms with Gasteiger partial charge in [0.1, 0.15) is 5.82 Å². The van der Waals surface area contributed by atoms with Gasteiger partial charge in [-0.05, 0) is 30.2 Å². The summed E-state index contributed by atoms with van der Waals surface area (Å²) < 4.78 is 13.6. The fourth-order valence-electron chi connectivity index (χ4n) is 1.90. The van der Waals surface area contributed by atoms with Gasteiger partial charge in [0.25, 0.3) is 0 Å². The minimum absolute atomic E-state index is 0.0992. The number of carbonyl (C=O) groups excluding carboxylic acids is 1. The van der Waals surface area contributed by atoms with Crippen LogP contribution in [0.15, 0.2) is 48.5 Å². The summed E-state index contributed by atoms with van der Waals surface area (Å²) in [6.07, 6.45) is 0. The monoisotopic (exact) mass is 257 g/mol. The van der Waals surface area contributed by atoms with Crippen LogP contribution in [0.2, 0.25) is 0 Å². The lowest BCUT2D eigenvalue weighted by Gasteiger charge is -2.09. The first-order valence-corrected chi connectivity index (χ1v) is 6.22. The van der Waals surface area contributed by atoms with E-state index in [-0.39, 0.29) is 17.3 Å². The van der Waals surface area contributed by atoms with Gasteiger partial charge in [0.15, 0.2) is 5.78 Å². The van der Waals surface area contributed by atoms with Crippen molar-refractivity contribution in [2.24, 2.45) is 5.73 Å². The van der Waals surface area contributed by atoms with E-state index in [9.17, 15) is 9.18 Å². The number of ketones is 1. The van der Waals surface area contributed by atoms with Crippen molar-refractivity contribution < 1.29 is 9.18 Å². The van der Waals surface area contributed by atoms with Crippen molar-refractivity contribution in [1.82, 2.24) is 0 Å². The van der Waals surface area contributed by atoms with Crippen LogP contribution in [0.4, 0.5) is 4.39 Å². The Morgan fingerprint density at radius 2 is 1.79 bits per heavy atom. The van der Waals surface area contributed by atoms with E-state index in [1.54, 1.807) is 24.3 Å². The van der Waals surface area contributed by atoms with E-state index < -0.39 is 5.82 Å². The Bertz CT molecular complexity index is 578. The largest absolute Gasteiger partial charge is 0.330 e. The van der Waals surface area contributed by atoms with Crippen LogP contribution in [0.3, 0.4) is 0 Å². The van der Waals surface area contributed by atoms with Gasteiger partial charge in [-0.25, -0.2) is 4.39 Å². The third-order valence-electron chi connectivity index (χ3n) is 3.21. The van der Waals surface area contributed by atoms with Crippen LogP contribution in [-0.4, -0.2) is 12.3 Å². The molecule has 0 spiro atoms. The highest BCUT2D eigenvalue weighted by molar-refractivity contribution is 6.09. The molecule has 0 aliphatic heterocycles. The first-order chi connectivity index (χ1) is 9.13. The normalized spacial score (nSPS) is 12.2. The Morgan fingerprint density at radius 1 is 1.16 bits per heavy atom. The van der Waals surface area contributed by atoms with Crippen LogP contribution >= 0.6 is 0 Å². The molecule has 0 aliphatic carbocycles. The highest BCUT2D eigenvalue weighted by Crippen LogP contribution is 2.17. The molecule has 0 saturated carbocycles. The zero-order chi connectivity index (χ0) is 13.8. The van der Waals surface area contributed by atoms with E-state index in [1.807, 2.05) is 19.1 Å². The molecule has 98 valence electrons. The van der Waals surface area contributed by atoms with E-state index in [1.165, 1.54) is 12.1 Å². The van der Waals surface area contributed by atoms with Crippen molar-refractivity contribution in [2.75, 3.05) is 6.54 Å². The van der Waals surface area contributed by atoms with Crippen LogP contribution < -0.4 is 5.73 Å². The first kappa shape index (κ1) is 13.4. The van der Waals surface area contributed by atoms with Gasteiger partial charge >= 0.3 is 0 Å². The number of halogens is 1. The maximum absolute atomic E-state index is 13.6. The first-order valence-electron chi connectivity index (χ1n) is 6.22. The zero-order valence-electron chi connectivity index (χ0n) is 10.8. The van der Waals surface area contributed by atoms with Crippen molar-refractivity contribution in [3.8, 4) is 0 Å². The number of hydrogen-bond acceptors (Lipinski definition) is 2. The third-order valence-corrected chi connectivity index (χ3v) is 3.21. The zero-order valence-corrected chi connectivity index (χ0v) is 10.8. The molecule has 2 rings (SSSR count). The van der Waals surface area contributed by atoms with Gasteiger partial charge in [0.05, 0.1) is 5.56 Å². The summed E-state index contributed by atoms with van der Waals surface area (Å²) in [5.74, 6) is -0.547. The lowest BCUT2D eigenvalue weighted by molar-refractivity contribution is 0.103. The van der Waals surface area contributed by atoms with Crippen LogP contribution in [0.1, 0.15) is 34.3 Å². The topological polar surface area (TPSA) is 43.1 Å². The molecule has 2 aromatic carbocycles. The molecule has 3 heteroatoms. The summed E-state index contributed by atoms with van der Waals surface area (Å²) in [6.45, 7) is 2.58. The van der Waals surface area contributed by atoms with Gasteiger partial charge in [-0.2, -0.15) is 0 Å². The summed E-state index contributed by atoms with van der Waals surface area (Å²) in [4.78, 5) is 12.2. The average molecular weight is 257 g/mol. The van der Waals surface area contributed by atoms with Gasteiger partial charge in [-0.1, -0.05) is 43.3 Å². The lowest BCUT2D eigenvalue weighted by atomic mass is 9.97. The van der Waals surface area contributed by atoms with Crippen LogP contribution in [0.5, 0.6) is 0 Å². The second kappa shape index (κ2) is 5.76. The Kier molecular flexibility index (Phi) is 4.07. The van der Waals surface area contributed by atoms with Gasteiger partial charge in [-0.3, -0.25) is 4.79 Å². The smallest absolute Gasteiger partial charge is 0.195 e. The average Bonchev–Trinajstić information content (AvgIpc) is 2.46. The van der Waals surface area contributed by atoms with Gasteiger partial charge < -0.3 is 5.73 Å². The summed E-state index contributed by atoms with van der Waals surface area (Å²) in [5, 5.41) is 0. The molecule has 19 heavy (non-hydrogen) atoms. The fourth-order valence-corrected chi connectivity index (χ4v) is 1.90. The quantitative estimate of drug-likeness (QED) is 0.855. The molecule has 1 unspecified atom stereocenters. The lowest BCUT2D eigenvalue weighted by Crippen LogP contribution is -2.09. The molecular formula is C16H16FNO. The molecule has 2 aromatic rings. The van der Waals surface area contributed by atoms with E-state index in [0.29, 0.717) is 12.1 Å². The molecule has 0 heterocycles. The van der Waals surface area contributed by atoms with Crippen LogP contribution in [0, 0.1) is 5.82 Å². The second-order valence-corrected chi connectivity index (χ2v) is 4.57. The fraction of sp³-hybridized carbons (Fsp3) is 0.188. The van der Waals surface area contributed by atoms with E-state index in [2.05, 4.69) is 0 Å². The molecule has 0 radical (unpaired) electrons. The standard InChI is InChI=1S/C16H16FNO/c1-11(10-18)12-6-8-13(9-7-12)16(19)14-4-2-3-5-15(14)17/h2-9,11H,10,18H2,1H3. The third kappa shape index (κ3) is 2.88. The molecule has 0 amide bonds. The van der Waals surface area contributed by atoms with Crippen molar-refractivity contribution in [2.45, 2.75) is 12.8 Å². The maximum atomic E-state index is 13.6. The van der Waals surface area contributed by atoms with Crippen molar-refractivity contribution in [3.05, 3.63) is 71.0 Å². The van der Waals surface area contributed by atoms with Crippen molar-refractivity contribution in [3.63, 3.8) is 0 Å². The molecule has 0 bridgehead atoms. The van der Waals surface area contributed by atoms with Gasteiger partial charge in [0, 0.05) is 5.56 Å². The Hall–Kier alpha value is -2.00. The molecule has 2 nitrogen and oxygen atoms in total. The number of hydrogen-bond donors (Lipinski definition) is 1. The minimum Gasteiger partial charge on any atom is -0.330 e. The van der Waals surface area contributed by atoms with E-state index in [4.69, 9.17) is 5.73 Å². The van der Waals surface area contributed by atoms with Crippen LogP contribution in [-0.2, 0) is 0 Å². The predicted octanol–water partition coefficient (Wildman–Crippen LogP) is 3.12. The highest BCUT2D eigenvalue weighted by atomic mass is 19.1. The number of nitrogens with two attached hydrogens (primary N) is 1. The van der Waals surface area contributed by atoms with E-state index in [0.717, 1.165) is 5.56 Å². The maximum Gasteiger partial charge on any atom is 0.195 e. The Morgan fingerprint density at radius 3 is 2.37 bits per heavy atom. The summed E-state index contributed by atoms with van der Waals surface area (Å²) in [7, 11) is 0. The number of carbonyl (C=O) groups is 1. The van der Waals surface area contributed by atoms with Gasteiger partial charge in [0.2, 0.25) is 0 Å². The number of rotatable bonds is 4. The molecule has 1 atom stereocenters. The van der Waals surface area contributed by atoms with Crippen LogP contribution in [0.25, 0.3) is 0 Å². The Labute approximate surface area is 112 Å². The molecule has 0 aromatic heterocycles. The Balaban J connectivity index is 2.28. The highest BCUT2D eigenvalue weighted by Gasteiger charge is 2.13. The van der Waals surface area contributed by atoms with E-state index >= 15 is 0 Å².